The summed E-state index contributed by atoms with van der Waals surface area (Å²) in [7, 11) is 0. The molecule has 0 aliphatic rings. The normalized spacial score (nSPS) is 11.3. The van der Waals surface area contributed by atoms with E-state index in [2.05, 4.69) is 34.3 Å². The fourth-order valence-electron chi connectivity index (χ4n) is 2.41. The number of hydrogen-bond donors (Lipinski definition) is 1. The van der Waals surface area contributed by atoms with Crippen LogP contribution in [-0.4, -0.2) is 5.11 Å². The van der Waals surface area contributed by atoms with Gasteiger partial charge in [0.15, 0.2) is 0 Å². The first-order valence-corrected chi connectivity index (χ1v) is 8.72. The lowest BCUT2D eigenvalue weighted by atomic mass is 9.98. The van der Waals surface area contributed by atoms with Crippen LogP contribution in [0.1, 0.15) is 36.1 Å². The Morgan fingerprint density at radius 3 is 2.67 bits per heavy atom. The Bertz CT molecular complexity index is 742. The molecule has 124 valence electrons. The molecule has 3 heteroatoms. The van der Waals surface area contributed by atoms with Crippen LogP contribution in [-0.2, 0) is 13.0 Å². The van der Waals surface area contributed by atoms with Gasteiger partial charge >= 0.3 is 0 Å². The third-order valence-electron chi connectivity index (χ3n) is 3.54. The highest BCUT2D eigenvalue weighted by atomic mass is 79.9. The minimum Gasteiger partial charge on any atom is -0.489 e. The van der Waals surface area contributed by atoms with Gasteiger partial charge in [0, 0.05) is 22.0 Å². The lowest BCUT2D eigenvalue weighted by molar-refractivity contribution is 0.234. The number of hydrogen-bond acceptors (Lipinski definition) is 2. The molecule has 2 aromatic rings. The molecule has 1 atom stereocenters. The predicted octanol–water partition coefficient (Wildman–Crippen LogP) is 5.20. The monoisotopic (exact) mass is 384 g/mol. The molecule has 0 saturated heterocycles. The number of halogens is 1. The maximum absolute atomic E-state index is 10.5. The minimum absolute atomic E-state index is 0.475. The van der Waals surface area contributed by atoms with Crippen LogP contribution in [0.3, 0.4) is 0 Å². The highest BCUT2D eigenvalue weighted by Gasteiger charge is 2.18. The smallest absolute Gasteiger partial charge is 0.141 e. The van der Waals surface area contributed by atoms with Crippen molar-refractivity contribution in [2.45, 2.75) is 32.5 Å². The molecule has 24 heavy (non-hydrogen) atoms. The third kappa shape index (κ3) is 4.74. The van der Waals surface area contributed by atoms with Crippen molar-refractivity contribution < 1.29 is 9.84 Å². The van der Waals surface area contributed by atoms with Gasteiger partial charge in [0.1, 0.15) is 18.5 Å². The summed E-state index contributed by atoms with van der Waals surface area (Å²) in [5.74, 6) is 6.55. The minimum atomic E-state index is -0.852. The third-order valence-corrected chi connectivity index (χ3v) is 4.23. The van der Waals surface area contributed by atoms with Crippen molar-refractivity contribution in [1.29, 1.82) is 0 Å². The van der Waals surface area contributed by atoms with Gasteiger partial charge in [0.05, 0.1) is 0 Å². The SMILES string of the molecule is C=CCc1c(OCc2ccccc2)ccc(Br)c1C(O)C#CCC. The summed E-state index contributed by atoms with van der Waals surface area (Å²) in [5.41, 5.74) is 2.76. The summed E-state index contributed by atoms with van der Waals surface area (Å²) in [4.78, 5) is 0. The van der Waals surface area contributed by atoms with Crippen LogP contribution in [0.25, 0.3) is 0 Å². The second-order valence-electron chi connectivity index (χ2n) is 5.28. The molecule has 0 spiro atoms. The zero-order valence-electron chi connectivity index (χ0n) is 13.8. The molecule has 1 unspecified atom stereocenters. The molecular formula is C21H21BrO2. The standard InChI is InChI=1S/C21H21BrO2/c1-3-5-12-19(23)21-17(9-4-2)20(14-13-18(21)22)24-15-16-10-7-6-8-11-16/h4,6-8,10-11,13-14,19,23H,2-3,9,15H2,1H3. The van der Waals surface area contributed by atoms with Gasteiger partial charge in [-0.2, -0.15) is 0 Å². The number of allylic oxidation sites excluding steroid dienone is 1. The number of aliphatic hydroxyl groups is 1. The van der Waals surface area contributed by atoms with Crippen LogP contribution in [0.4, 0.5) is 0 Å². The van der Waals surface area contributed by atoms with E-state index >= 15 is 0 Å². The Morgan fingerprint density at radius 1 is 1.25 bits per heavy atom. The number of aliphatic hydroxyl groups excluding tert-OH is 1. The van der Waals surface area contributed by atoms with Gasteiger partial charge in [-0.3, -0.25) is 0 Å². The van der Waals surface area contributed by atoms with Crippen molar-refractivity contribution >= 4 is 15.9 Å². The Morgan fingerprint density at radius 2 is 2.00 bits per heavy atom. The van der Waals surface area contributed by atoms with Crippen LogP contribution in [0.2, 0.25) is 0 Å². The number of benzene rings is 2. The van der Waals surface area contributed by atoms with Crippen molar-refractivity contribution in [3.05, 3.63) is 76.3 Å². The van der Waals surface area contributed by atoms with E-state index in [1.54, 1.807) is 6.08 Å². The average Bonchev–Trinajstić information content (AvgIpc) is 2.60. The molecule has 2 nitrogen and oxygen atoms in total. The maximum atomic E-state index is 10.5. The Balaban J connectivity index is 2.35. The van der Waals surface area contributed by atoms with Gasteiger partial charge in [0.25, 0.3) is 0 Å². The second-order valence-corrected chi connectivity index (χ2v) is 6.14. The fourth-order valence-corrected chi connectivity index (χ4v) is 3.00. The summed E-state index contributed by atoms with van der Waals surface area (Å²) >= 11 is 3.52. The lowest BCUT2D eigenvalue weighted by Crippen LogP contribution is -2.05. The first kappa shape index (κ1) is 18.3. The van der Waals surface area contributed by atoms with Gasteiger partial charge in [-0.25, -0.2) is 0 Å². The van der Waals surface area contributed by atoms with Crippen LogP contribution < -0.4 is 4.74 Å². The lowest BCUT2D eigenvalue weighted by Gasteiger charge is -2.18. The van der Waals surface area contributed by atoms with E-state index in [1.165, 1.54) is 0 Å². The molecule has 0 radical (unpaired) electrons. The van der Waals surface area contributed by atoms with Gasteiger partial charge in [0.2, 0.25) is 0 Å². The predicted molar refractivity (Wildman–Crippen MR) is 102 cm³/mol. The van der Waals surface area contributed by atoms with Crippen molar-refractivity contribution in [2.75, 3.05) is 0 Å². The second kappa shape index (κ2) is 9.32. The van der Waals surface area contributed by atoms with Gasteiger partial charge in [-0.1, -0.05) is 65.2 Å². The van der Waals surface area contributed by atoms with Crippen LogP contribution in [0, 0.1) is 11.8 Å². The maximum Gasteiger partial charge on any atom is 0.141 e. The molecule has 0 bridgehead atoms. The number of ether oxygens (including phenoxy) is 1. The molecule has 0 heterocycles. The van der Waals surface area contributed by atoms with Gasteiger partial charge in [-0.15, -0.1) is 12.5 Å². The average molecular weight is 385 g/mol. The van der Waals surface area contributed by atoms with E-state index in [0.29, 0.717) is 19.4 Å². The molecule has 0 fully saturated rings. The Hall–Kier alpha value is -2.02. The summed E-state index contributed by atoms with van der Waals surface area (Å²) in [6.45, 7) is 6.25. The highest BCUT2D eigenvalue weighted by Crippen LogP contribution is 2.34. The first-order chi connectivity index (χ1) is 11.7. The topological polar surface area (TPSA) is 29.5 Å². The van der Waals surface area contributed by atoms with E-state index in [1.807, 2.05) is 49.4 Å². The van der Waals surface area contributed by atoms with Crippen molar-refractivity contribution in [3.8, 4) is 17.6 Å². The van der Waals surface area contributed by atoms with Gasteiger partial charge < -0.3 is 9.84 Å². The zero-order chi connectivity index (χ0) is 17.4. The van der Waals surface area contributed by atoms with Crippen molar-refractivity contribution in [3.63, 3.8) is 0 Å². The quantitative estimate of drug-likeness (QED) is 0.547. The zero-order valence-corrected chi connectivity index (χ0v) is 15.3. The molecule has 1 N–H and O–H groups in total. The van der Waals surface area contributed by atoms with E-state index in [-0.39, 0.29) is 0 Å². The molecular weight excluding hydrogens is 364 g/mol. The Labute approximate surface area is 152 Å². The van der Waals surface area contributed by atoms with Gasteiger partial charge in [-0.05, 0) is 24.1 Å². The summed E-state index contributed by atoms with van der Waals surface area (Å²) < 4.78 is 6.82. The number of rotatable bonds is 6. The summed E-state index contributed by atoms with van der Waals surface area (Å²) in [6.07, 6.45) is 2.26. The molecule has 0 aliphatic heterocycles. The highest BCUT2D eigenvalue weighted by molar-refractivity contribution is 9.10. The molecule has 0 aliphatic carbocycles. The molecule has 0 amide bonds. The van der Waals surface area contributed by atoms with E-state index in [0.717, 1.165) is 26.9 Å². The van der Waals surface area contributed by atoms with Crippen LogP contribution in [0.15, 0.2) is 59.6 Å². The summed E-state index contributed by atoms with van der Waals surface area (Å²) in [5, 5.41) is 10.5. The Kier molecular flexibility index (Phi) is 7.11. The van der Waals surface area contributed by atoms with E-state index < -0.39 is 6.10 Å². The largest absolute Gasteiger partial charge is 0.489 e. The summed E-state index contributed by atoms with van der Waals surface area (Å²) in [6, 6.07) is 13.8. The van der Waals surface area contributed by atoms with Crippen LogP contribution in [0.5, 0.6) is 5.75 Å². The van der Waals surface area contributed by atoms with Crippen molar-refractivity contribution in [1.82, 2.24) is 0 Å². The molecule has 2 aromatic carbocycles. The van der Waals surface area contributed by atoms with Crippen LogP contribution >= 0.6 is 15.9 Å². The van der Waals surface area contributed by atoms with E-state index in [9.17, 15) is 5.11 Å². The fraction of sp³-hybridized carbons (Fsp3) is 0.238. The molecule has 0 aromatic heterocycles. The van der Waals surface area contributed by atoms with Crippen molar-refractivity contribution in [2.24, 2.45) is 0 Å². The molecule has 2 rings (SSSR count). The first-order valence-electron chi connectivity index (χ1n) is 7.92. The van der Waals surface area contributed by atoms with E-state index in [4.69, 9.17) is 4.74 Å². The molecule has 0 saturated carbocycles.